The maximum absolute atomic E-state index is 16.1. The van der Waals surface area contributed by atoms with Gasteiger partial charge in [-0.1, -0.05) is 146 Å². The highest BCUT2D eigenvalue weighted by molar-refractivity contribution is 5.87. The van der Waals surface area contributed by atoms with Crippen LogP contribution in [0, 0.1) is 0 Å². The van der Waals surface area contributed by atoms with E-state index in [-0.39, 0.29) is 11.1 Å². The Morgan fingerprint density at radius 1 is 0.314 bits per heavy atom. The van der Waals surface area contributed by atoms with Crippen molar-refractivity contribution >= 4 is 0 Å². The number of hydrogen-bond acceptors (Lipinski definition) is 3. The number of nitrogens with zero attached hydrogens (tertiary/aromatic N) is 3. The minimum atomic E-state index is -3.15. The van der Waals surface area contributed by atoms with Crippen LogP contribution in [0.1, 0.15) is 11.1 Å². The molecule has 5 heteroatoms. The quantitative estimate of drug-likeness (QED) is 0.178. The largest absolute Gasteiger partial charge is 0.299 e. The van der Waals surface area contributed by atoms with Gasteiger partial charge in [-0.25, -0.2) is 15.0 Å². The molecule has 2 aromatic heterocycles. The Morgan fingerprint density at radius 3 is 1.20 bits per heavy atom. The maximum Gasteiger partial charge on any atom is 0.299 e. The molecule has 6 aromatic carbocycles. The minimum Gasteiger partial charge on any atom is -0.248 e. The second-order valence-corrected chi connectivity index (χ2v) is 12.6. The molecule has 1 aliphatic carbocycles. The minimum absolute atomic E-state index is 0.0152. The second-order valence-electron chi connectivity index (χ2n) is 12.6. The highest BCUT2D eigenvalue weighted by Crippen LogP contribution is 2.52. The predicted molar refractivity (Wildman–Crippen MR) is 201 cm³/mol. The van der Waals surface area contributed by atoms with Crippen LogP contribution in [0.4, 0.5) is 8.78 Å². The summed E-state index contributed by atoms with van der Waals surface area (Å²) in [6.07, 6.45) is 0. The van der Waals surface area contributed by atoms with Gasteiger partial charge in [-0.15, -0.1) is 0 Å². The van der Waals surface area contributed by atoms with Crippen molar-refractivity contribution in [3.63, 3.8) is 0 Å². The van der Waals surface area contributed by atoms with Crippen molar-refractivity contribution in [3.8, 4) is 78.7 Å². The van der Waals surface area contributed by atoms with Crippen molar-refractivity contribution in [2.75, 3.05) is 0 Å². The van der Waals surface area contributed by atoms with Gasteiger partial charge in [-0.3, -0.25) is 0 Å². The van der Waals surface area contributed by atoms with Gasteiger partial charge >= 0.3 is 0 Å². The molecule has 0 N–H and O–H groups in total. The molecule has 0 radical (unpaired) electrons. The molecule has 51 heavy (non-hydrogen) atoms. The summed E-state index contributed by atoms with van der Waals surface area (Å²) in [6.45, 7) is 0. The van der Waals surface area contributed by atoms with E-state index in [0.29, 0.717) is 28.3 Å². The molecule has 8 aromatic rings. The molecule has 0 atom stereocenters. The first kappa shape index (κ1) is 30.5. The van der Waals surface area contributed by atoms with Crippen LogP contribution in [0.3, 0.4) is 0 Å². The molecule has 0 spiro atoms. The topological polar surface area (TPSA) is 38.7 Å². The van der Waals surface area contributed by atoms with Crippen LogP contribution in [0.25, 0.3) is 78.7 Å². The summed E-state index contributed by atoms with van der Waals surface area (Å²) in [7, 11) is 0. The highest BCUT2D eigenvalue weighted by atomic mass is 19.3. The van der Waals surface area contributed by atoms with Crippen molar-refractivity contribution in [3.05, 3.63) is 187 Å². The van der Waals surface area contributed by atoms with E-state index >= 15 is 8.78 Å². The Kier molecular flexibility index (Phi) is 7.40. The monoisotopic (exact) mass is 661 g/mol. The molecule has 3 nitrogen and oxygen atoms in total. The SMILES string of the molecule is FC1(F)c2ccc(-c3cc(-c4ccccc4)cc(-c4ccccc4)n3)cc2-c2cc(-c3cc(-c4ccccc4)nc(-c4ccccc4)n3)ccc21. The fourth-order valence-electron chi connectivity index (χ4n) is 6.85. The summed E-state index contributed by atoms with van der Waals surface area (Å²) >= 11 is 0. The molecule has 2 heterocycles. The lowest BCUT2D eigenvalue weighted by Crippen LogP contribution is -2.10. The number of aromatic nitrogens is 3. The smallest absolute Gasteiger partial charge is 0.248 e. The lowest BCUT2D eigenvalue weighted by molar-refractivity contribution is 0.0480. The second kappa shape index (κ2) is 12.4. The number of fused-ring (bicyclic) bond motifs is 3. The lowest BCUT2D eigenvalue weighted by Gasteiger charge is -2.13. The molecule has 0 unspecified atom stereocenters. The predicted octanol–water partition coefficient (Wildman–Crippen LogP) is 12.0. The molecule has 0 bridgehead atoms. The van der Waals surface area contributed by atoms with Gasteiger partial charge in [0.1, 0.15) is 0 Å². The summed E-state index contributed by atoms with van der Waals surface area (Å²) in [5.74, 6) is -2.58. The first-order valence-electron chi connectivity index (χ1n) is 16.8. The van der Waals surface area contributed by atoms with E-state index in [2.05, 4.69) is 18.2 Å². The number of rotatable bonds is 6. The van der Waals surface area contributed by atoms with Gasteiger partial charge in [0.25, 0.3) is 5.92 Å². The summed E-state index contributed by atoms with van der Waals surface area (Å²) in [4.78, 5) is 14.9. The number of benzene rings is 6. The third-order valence-corrected chi connectivity index (χ3v) is 9.43. The van der Waals surface area contributed by atoms with E-state index in [4.69, 9.17) is 15.0 Å². The summed E-state index contributed by atoms with van der Waals surface area (Å²) in [5, 5.41) is 0. The van der Waals surface area contributed by atoms with E-state index in [1.165, 1.54) is 0 Å². The van der Waals surface area contributed by atoms with E-state index in [9.17, 15) is 0 Å². The van der Waals surface area contributed by atoms with Crippen molar-refractivity contribution in [1.29, 1.82) is 0 Å². The Balaban J connectivity index is 1.19. The zero-order valence-corrected chi connectivity index (χ0v) is 27.3. The van der Waals surface area contributed by atoms with E-state index in [1.807, 2.05) is 133 Å². The summed E-state index contributed by atoms with van der Waals surface area (Å²) in [5.41, 5.74) is 10.2. The first-order chi connectivity index (χ1) is 25.0. The van der Waals surface area contributed by atoms with Crippen LogP contribution in [-0.4, -0.2) is 15.0 Å². The molecule has 0 amide bonds. The molecule has 0 saturated heterocycles. The van der Waals surface area contributed by atoms with Gasteiger partial charge in [0, 0.05) is 38.9 Å². The third-order valence-electron chi connectivity index (χ3n) is 9.43. The fraction of sp³-hybridized carbons (Fsp3) is 0.0217. The highest BCUT2D eigenvalue weighted by Gasteiger charge is 2.44. The molecular formula is C46H29F2N3. The molecule has 0 aliphatic heterocycles. The number of hydrogen-bond donors (Lipinski definition) is 0. The standard InChI is InChI=1S/C46H29F2N3/c47-46(48)39-23-21-34(42-28-36(30-13-5-1-6-14-30)27-41(49-42)31-15-7-2-8-16-31)25-37(39)38-26-35(22-24-40(38)46)44-29-43(32-17-9-3-10-18-32)50-45(51-44)33-19-11-4-12-20-33/h1-29H. The summed E-state index contributed by atoms with van der Waals surface area (Å²) < 4.78 is 32.2. The number of pyridine rings is 1. The van der Waals surface area contributed by atoms with Gasteiger partial charge in [0.05, 0.1) is 22.8 Å². The van der Waals surface area contributed by atoms with Crippen LogP contribution in [0.5, 0.6) is 0 Å². The number of halogens is 2. The van der Waals surface area contributed by atoms with Crippen molar-refractivity contribution < 1.29 is 8.78 Å². The van der Waals surface area contributed by atoms with Crippen LogP contribution in [-0.2, 0) is 5.92 Å². The molecular weight excluding hydrogens is 633 g/mol. The van der Waals surface area contributed by atoms with Crippen molar-refractivity contribution in [2.45, 2.75) is 5.92 Å². The summed E-state index contributed by atoms with van der Waals surface area (Å²) in [6, 6.07) is 56.2. The molecule has 0 saturated carbocycles. The van der Waals surface area contributed by atoms with Crippen molar-refractivity contribution in [1.82, 2.24) is 15.0 Å². The normalized spacial score (nSPS) is 12.7. The van der Waals surface area contributed by atoms with Gasteiger partial charge in [-0.05, 0) is 52.6 Å². The molecule has 0 fully saturated rings. The van der Waals surface area contributed by atoms with Gasteiger partial charge in [-0.2, -0.15) is 8.78 Å². The van der Waals surface area contributed by atoms with Crippen molar-refractivity contribution in [2.24, 2.45) is 0 Å². The lowest BCUT2D eigenvalue weighted by atomic mass is 9.96. The molecule has 9 rings (SSSR count). The Morgan fingerprint density at radius 2 is 0.706 bits per heavy atom. The van der Waals surface area contributed by atoms with Crippen LogP contribution < -0.4 is 0 Å². The van der Waals surface area contributed by atoms with E-state index < -0.39 is 5.92 Å². The van der Waals surface area contributed by atoms with Crippen LogP contribution in [0.2, 0.25) is 0 Å². The fourth-order valence-corrected chi connectivity index (χ4v) is 6.85. The van der Waals surface area contributed by atoms with Gasteiger partial charge in [0.15, 0.2) is 5.82 Å². The number of alkyl halides is 2. The molecule has 1 aliphatic rings. The first-order valence-corrected chi connectivity index (χ1v) is 16.8. The average Bonchev–Trinajstić information content (AvgIpc) is 3.43. The molecule has 242 valence electrons. The third kappa shape index (κ3) is 5.59. The zero-order chi connectivity index (χ0) is 34.4. The van der Waals surface area contributed by atoms with E-state index in [1.54, 1.807) is 24.3 Å². The zero-order valence-electron chi connectivity index (χ0n) is 27.3. The maximum atomic E-state index is 16.1. The average molecular weight is 662 g/mol. The van der Waals surface area contributed by atoms with E-state index in [0.717, 1.165) is 50.3 Å². The Hall–Kier alpha value is -6.59. The van der Waals surface area contributed by atoms with Gasteiger partial charge < -0.3 is 0 Å². The van der Waals surface area contributed by atoms with Crippen LogP contribution >= 0.6 is 0 Å². The Labute approximate surface area is 294 Å². The Bertz CT molecular complexity index is 2240. The van der Waals surface area contributed by atoms with Crippen LogP contribution in [0.15, 0.2) is 176 Å². The van der Waals surface area contributed by atoms with Gasteiger partial charge in [0.2, 0.25) is 0 Å².